The zero-order valence-electron chi connectivity index (χ0n) is 6.67. The summed E-state index contributed by atoms with van der Waals surface area (Å²) >= 11 is 0. The lowest BCUT2D eigenvalue weighted by atomic mass is 9.80. The van der Waals surface area contributed by atoms with Crippen molar-refractivity contribution in [2.45, 2.75) is 33.1 Å². The first-order valence-electron chi connectivity index (χ1n) is 3.71. The topological polar surface area (TPSA) is 40.5 Å². The Morgan fingerprint density at radius 3 is 2.50 bits per heavy atom. The van der Waals surface area contributed by atoms with E-state index < -0.39 is 7.12 Å². The van der Waals surface area contributed by atoms with Gasteiger partial charge in [-0.1, -0.05) is 25.8 Å². The minimum Gasteiger partial charge on any atom is -0.423 e. The maximum atomic E-state index is 8.61. The second-order valence-corrected chi connectivity index (χ2v) is 2.46. The van der Waals surface area contributed by atoms with E-state index in [1.54, 1.807) is 6.92 Å². The van der Waals surface area contributed by atoms with Crippen LogP contribution in [0.2, 0.25) is 0 Å². The molecule has 0 bridgehead atoms. The minimum absolute atomic E-state index is 0.647. The molecule has 0 radical (unpaired) electrons. The summed E-state index contributed by atoms with van der Waals surface area (Å²) in [7, 11) is -1.27. The number of hydrogen-bond acceptors (Lipinski definition) is 2. The highest BCUT2D eigenvalue weighted by molar-refractivity contribution is 6.50. The monoisotopic (exact) mass is 142 g/mol. The maximum absolute atomic E-state index is 8.61. The van der Waals surface area contributed by atoms with Crippen molar-refractivity contribution in [1.82, 2.24) is 0 Å². The van der Waals surface area contributed by atoms with Crippen LogP contribution in [0.15, 0.2) is 11.5 Å². The molecule has 3 heteroatoms. The molecule has 0 amide bonds. The largest absolute Gasteiger partial charge is 0.483 e. The fourth-order valence-electron chi connectivity index (χ4n) is 0.639. The van der Waals surface area contributed by atoms with Crippen molar-refractivity contribution >= 4 is 7.12 Å². The quantitative estimate of drug-likeness (QED) is 0.456. The SMILES string of the molecule is CCCC/C=C(/C)B(O)O. The van der Waals surface area contributed by atoms with E-state index in [4.69, 9.17) is 10.0 Å². The van der Waals surface area contributed by atoms with Crippen LogP contribution in [0.4, 0.5) is 0 Å². The van der Waals surface area contributed by atoms with Crippen molar-refractivity contribution < 1.29 is 10.0 Å². The van der Waals surface area contributed by atoms with Gasteiger partial charge < -0.3 is 10.0 Å². The highest BCUT2D eigenvalue weighted by atomic mass is 16.4. The van der Waals surface area contributed by atoms with Gasteiger partial charge in [-0.25, -0.2) is 0 Å². The zero-order chi connectivity index (χ0) is 7.98. The van der Waals surface area contributed by atoms with Gasteiger partial charge >= 0.3 is 7.12 Å². The van der Waals surface area contributed by atoms with Crippen molar-refractivity contribution in [2.75, 3.05) is 0 Å². The number of hydrogen-bond donors (Lipinski definition) is 2. The van der Waals surface area contributed by atoms with Gasteiger partial charge in [0.2, 0.25) is 0 Å². The van der Waals surface area contributed by atoms with Gasteiger partial charge in [-0.05, 0) is 18.8 Å². The summed E-state index contributed by atoms with van der Waals surface area (Å²) in [5, 5.41) is 17.2. The van der Waals surface area contributed by atoms with Crippen LogP contribution in [0.25, 0.3) is 0 Å². The Morgan fingerprint density at radius 2 is 2.10 bits per heavy atom. The molecule has 0 aliphatic rings. The summed E-state index contributed by atoms with van der Waals surface area (Å²) in [5.41, 5.74) is 0.647. The molecule has 0 aromatic carbocycles. The van der Waals surface area contributed by atoms with Gasteiger partial charge in [-0.2, -0.15) is 0 Å². The van der Waals surface area contributed by atoms with Gasteiger partial charge in [0.25, 0.3) is 0 Å². The van der Waals surface area contributed by atoms with E-state index in [0.29, 0.717) is 5.47 Å². The van der Waals surface area contributed by atoms with E-state index >= 15 is 0 Å². The van der Waals surface area contributed by atoms with Crippen LogP contribution in [-0.2, 0) is 0 Å². The van der Waals surface area contributed by atoms with Gasteiger partial charge in [0.15, 0.2) is 0 Å². The third kappa shape index (κ3) is 4.59. The van der Waals surface area contributed by atoms with Crippen LogP contribution in [0, 0.1) is 0 Å². The summed E-state index contributed by atoms with van der Waals surface area (Å²) in [4.78, 5) is 0. The van der Waals surface area contributed by atoms with Crippen molar-refractivity contribution in [3.8, 4) is 0 Å². The highest BCUT2D eigenvalue weighted by Gasteiger charge is 2.07. The average Bonchev–Trinajstić information content (AvgIpc) is 1.88. The first-order chi connectivity index (χ1) is 4.68. The van der Waals surface area contributed by atoms with Gasteiger partial charge in [0, 0.05) is 0 Å². The fourth-order valence-corrected chi connectivity index (χ4v) is 0.639. The Bertz CT molecular complexity index is 110. The molecule has 0 aliphatic carbocycles. The van der Waals surface area contributed by atoms with Crippen LogP contribution in [0.3, 0.4) is 0 Å². The molecule has 2 N–H and O–H groups in total. The lowest BCUT2D eigenvalue weighted by Gasteiger charge is -1.96. The van der Waals surface area contributed by atoms with Gasteiger partial charge in [-0.15, -0.1) is 0 Å². The van der Waals surface area contributed by atoms with E-state index in [-0.39, 0.29) is 0 Å². The van der Waals surface area contributed by atoms with E-state index in [0.717, 1.165) is 19.3 Å². The van der Waals surface area contributed by atoms with Crippen molar-refractivity contribution in [2.24, 2.45) is 0 Å². The first kappa shape index (κ1) is 9.72. The van der Waals surface area contributed by atoms with E-state index in [1.807, 2.05) is 6.08 Å². The summed E-state index contributed by atoms with van der Waals surface area (Å²) in [5.74, 6) is 0. The molecule has 0 spiro atoms. The predicted octanol–water partition coefficient (Wildman–Crippen LogP) is 1.13. The van der Waals surface area contributed by atoms with Crippen LogP contribution >= 0.6 is 0 Å². The molecular formula is C7H15BO2. The smallest absolute Gasteiger partial charge is 0.423 e. The molecule has 0 saturated carbocycles. The molecule has 2 nitrogen and oxygen atoms in total. The second kappa shape index (κ2) is 5.51. The van der Waals surface area contributed by atoms with E-state index in [9.17, 15) is 0 Å². The summed E-state index contributed by atoms with van der Waals surface area (Å²) in [6.45, 7) is 3.83. The summed E-state index contributed by atoms with van der Waals surface area (Å²) in [6.07, 6.45) is 5.07. The van der Waals surface area contributed by atoms with Crippen molar-refractivity contribution in [3.05, 3.63) is 11.5 Å². The van der Waals surface area contributed by atoms with Crippen LogP contribution in [0.5, 0.6) is 0 Å². The number of unbranched alkanes of at least 4 members (excludes halogenated alkanes) is 2. The van der Waals surface area contributed by atoms with E-state index in [1.165, 1.54) is 0 Å². The Balaban J connectivity index is 3.48. The summed E-state index contributed by atoms with van der Waals surface area (Å²) in [6, 6.07) is 0. The van der Waals surface area contributed by atoms with Crippen molar-refractivity contribution in [3.63, 3.8) is 0 Å². The third-order valence-electron chi connectivity index (χ3n) is 1.43. The Hall–Kier alpha value is -0.275. The lowest BCUT2D eigenvalue weighted by Crippen LogP contribution is -2.12. The molecule has 0 saturated heterocycles. The molecule has 0 heterocycles. The number of allylic oxidation sites excluding steroid dienone is 2. The molecule has 0 rings (SSSR count). The van der Waals surface area contributed by atoms with Gasteiger partial charge in [-0.3, -0.25) is 0 Å². The highest BCUT2D eigenvalue weighted by Crippen LogP contribution is 2.00. The number of rotatable bonds is 4. The minimum atomic E-state index is -1.27. The second-order valence-electron chi connectivity index (χ2n) is 2.46. The standard InChI is InChI=1S/C7H15BO2/c1-3-4-5-6-7(2)8(9)10/h6,9-10H,3-5H2,1-2H3/b7-6-. The van der Waals surface area contributed by atoms with Crippen molar-refractivity contribution in [1.29, 1.82) is 0 Å². The molecule has 0 atom stereocenters. The Labute approximate surface area is 62.7 Å². The zero-order valence-corrected chi connectivity index (χ0v) is 6.67. The van der Waals surface area contributed by atoms with Gasteiger partial charge in [0.05, 0.1) is 0 Å². The van der Waals surface area contributed by atoms with Crippen LogP contribution in [0.1, 0.15) is 33.1 Å². The normalized spacial score (nSPS) is 11.8. The third-order valence-corrected chi connectivity index (χ3v) is 1.43. The molecule has 0 aliphatic heterocycles. The molecular weight excluding hydrogens is 127 g/mol. The van der Waals surface area contributed by atoms with Gasteiger partial charge in [0.1, 0.15) is 0 Å². The fraction of sp³-hybridized carbons (Fsp3) is 0.714. The molecule has 0 aromatic heterocycles. The van der Waals surface area contributed by atoms with E-state index in [2.05, 4.69) is 6.92 Å². The molecule has 0 unspecified atom stereocenters. The Morgan fingerprint density at radius 1 is 1.50 bits per heavy atom. The molecule has 0 fully saturated rings. The Kier molecular flexibility index (Phi) is 5.35. The first-order valence-corrected chi connectivity index (χ1v) is 3.71. The lowest BCUT2D eigenvalue weighted by molar-refractivity contribution is 0.418. The molecule has 10 heavy (non-hydrogen) atoms. The predicted molar refractivity (Wildman–Crippen MR) is 43.5 cm³/mol. The van der Waals surface area contributed by atoms with Crippen LogP contribution < -0.4 is 0 Å². The summed E-state index contributed by atoms with van der Waals surface area (Å²) < 4.78 is 0. The molecule has 0 aromatic rings. The average molecular weight is 142 g/mol. The van der Waals surface area contributed by atoms with Crippen LogP contribution in [-0.4, -0.2) is 17.2 Å². The molecule has 58 valence electrons. The maximum Gasteiger partial charge on any atom is 0.483 e.